The Morgan fingerprint density at radius 2 is 1.50 bits per heavy atom. The van der Waals surface area contributed by atoms with E-state index in [0.29, 0.717) is 5.56 Å². The second kappa shape index (κ2) is 7.55. The number of carbonyl (C=O) groups is 1. The van der Waals surface area contributed by atoms with Gasteiger partial charge in [-0.3, -0.25) is 9.35 Å². The lowest BCUT2D eigenvalue weighted by atomic mass is 10.1. The van der Waals surface area contributed by atoms with Gasteiger partial charge in [-0.25, -0.2) is 0 Å². The highest BCUT2D eigenvalue weighted by Crippen LogP contribution is 2.14. The number of rotatable bonds is 3. The molecule has 0 saturated carbocycles. The van der Waals surface area contributed by atoms with E-state index >= 15 is 0 Å². The van der Waals surface area contributed by atoms with Gasteiger partial charge in [0.25, 0.3) is 10.1 Å². The summed E-state index contributed by atoms with van der Waals surface area (Å²) in [6, 6.07) is 12.2. The van der Waals surface area contributed by atoms with E-state index in [4.69, 9.17) is 20.5 Å². The third kappa shape index (κ3) is 5.52. The molecule has 2 aromatic rings. The molecule has 1 atom stereocenters. The molecule has 0 aliphatic carbocycles. The normalized spacial score (nSPS) is 11.9. The molecule has 0 bridgehead atoms. The maximum atomic E-state index is 10.4. The van der Waals surface area contributed by atoms with E-state index in [2.05, 4.69) is 0 Å². The quantitative estimate of drug-likeness (QED) is 0.626. The molecular weight excluding hydrogens is 310 g/mol. The maximum absolute atomic E-state index is 10.4. The molecule has 22 heavy (non-hydrogen) atoms. The smallest absolute Gasteiger partial charge is 0.325 e. The number of hydrogen-bond donors (Lipinski definition) is 4. The molecular formula is C14H15NO6S. The second-order valence-corrected chi connectivity index (χ2v) is 5.62. The largest absolute Gasteiger partial charge is 0.508 e. The van der Waals surface area contributed by atoms with Gasteiger partial charge in [0.05, 0.1) is 4.90 Å². The van der Waals surface area contributed by atoms with Crippen molar-refractivity contribution >= 4 is 16.1 Å². The number of phenols is 1. The van der Waals surface area contributed by atoms with Crippen molar-refractivity contribution in [3.8, 4) is 5.75 Å². The highest BCUT2D eigenvalue weighted by Gasteiger charge is 2.13. The molecule has 7 nitrogen and oxygen atoms in total. The topological polar surface area (TPSA) is 138 Å². The Bertz CT molecular complexity index is 713. The number of carboxylic acid groups (broad SMARTS) is 1. The fraction of sp³-hybridized carbons (Fsp3) is 0.0714. The Balaban J connectivity index is 0.000000224. The molecule has 0 aliphatic heterocycles. The summed E-state index contributed by atoms with van der Waals surface area (Å²) in [7, 11) is -4.00. The van der Waals surface area contributed by atoms with E-state index in [-0.39, 0.29) is 10.6 Å². The third-order valence-electron chi connectivity index (χ3n) is 2.56. The lowest BCUT2D eigenvalue weighted by Gasteiger charge is -2.05. The first-order valence-electron chi connectivity index (χ1n) is 6.01. The minimum absolute atomic E-state index is 0.0741. The van der Waals surface area contributed by atoms with E-state index in [0.717, 1.165) is 0 Å². The van der Waals surface area contributed by atoms with Gasteiger partial charge in [0.15, 0.2) is 0 Å². The molecule has 0 aromatic heterocycles. The second-order valence-electron chi connectivity index (χ2n) is 4.20. The van der Waals surface area contributed by atoms with Crippen molar-refractivity contribution in [2.75, 3.05) is 0 Å². The Morgan fingerprint density at radius 3 is 1.86 bits per heavy atom. The average Bonchev–Trinajstić information content (AvgIpc) is 2.48. The summed E-state index contributed by atoms with van der Waals surface area (Å²) in [4.78, 5) is 10.3. The molecule has 0 amide bonds. The van der Waals surface area contributed by atoms with Gasteiger partial charge in [0, 0.05) is 0 Å². The van der Waals surface area contributed by atoms with Crippen LogP contribution in [0.15, 0.2) is 59.5 Å². The summed E-state index contributed by atoms with van der Waals surface area (Å²) < 4.78 is 29.2. The molecule has 8 heteroatoms. The van der Waals surface area contributed by atoms with Crippen LogP contribution in [0.4, 0.5) is 0 Å². The maximum Gasteiger partial charge on any atom is 0.325 e. The van der Waals surface area contributed by atoms with Crippen molar-refractivity contribution in [3.05, 3.63) is 60.2 Å². The van der Waals surface area contributed by atoms with Gasteiger partial charge in [-0.2, -0.15) is 8.42 Å². The predicted octanol–water partition coefficient (Wildman–Crippen LogP) is 1.41. The SMILES string of the molecule is N[C@H](C(=O)O)c1ccc(O)cc1.O=S(=O)(O)c1ccccc1. The number of nitrogens with two attached hydrogens (primary N) is 1. The van der Waals surface area contributed by atoms with Crippen LogP contribution >= 0.6 is 0 Å². The highest BCUT2D eigenvalue weighted by atomic mass is 32.2. The van der Waals surface area contributed by atoms with Crippen LogP contribution in [-0.2, 0) is 14.9 Å². The molecule has 118 valence electrons. The summed E-state index contributed by atoms with van der Waals surface area (Å²) in [6.45, 7) is 0. The lowest BCUT2D eigenvalue weighted by Crippen LogP contribution is -2.20. The standard InChI is InChI=1S/C8H9NO3.C6H6O3S/c9-7(8(11)12)5-1-3-6(10)4-2-5;7-10(8,9)6-4-2-1-3-5-6/h1-4,7,10H,9H2,(H,11,12);1-5H,(H,7,8,9)/t7-;/m0./s1. The van der Waals surface area contributed by atoms with Gasteiger partial charge in [-0.05, 0) is 29.8 Å². The van der Waals surface area contributed by atoms with Crippen LogP contribution in [0.2, 0.25) is 0 Å². The Hall–Kier alpha value is -2.42. The van der Waals surface area contributed by atoms with E-state index in [1.54, 1.807) is 18.2 Å². The third-order valence-corrected chi connectivity index (χ3v) is 3.43. The van der Waals surface area contributed by atoms with E-state index in [9.17, 15) is 13.2 Å². The Kier molecular flexibility index (Phi) is 6.05. The zero-order chi connectivity index (χ0) is 16.8. The predicted molar refractivity (Wildman–Crippen MR) is 78.9 cm³/mol. The van der Waals surface area contributed by atoms with Crippen LogP contribution in [0.5, 0.6) is 5.75 Å². The van der Waals surface area contributed by atoms with Crippen molar-refractivity contribution in [2.45, 2.75) is 10.9 Å². The average molecular weight is 325 g/mol. The van der Waals surface area contributed by atoms with Crippen LogP contribution in [0.1, 0.15) is 11.6 Å². The van der Waals surface area contributed by atoms with Crippen molar-refractivity contribution in [1.82, 2.24) is 0 Å². The van der Waals surface area contributed by atoms with Crippen LogP contribution in [0.3, 0.4) is 0 Å². The first-order valence-corrected chi connectivity index (χ1v) is 7.45. The monoisotopic (exact) mass is 325 g/mol. The molecule has 0 heterocycles. The lowest BCUT2D eigenvalue weighted by molar-refractivity contribution is -0.138. The summed E-state index contributed by atoms with van der Waals surface area (Å²) >= 11 is 0. The number of carboxylic acids is 1. The Morgan fingerprint density at radius 1 is 1.00 bits per heavy atom. The fourth-order valence-electron chi connectivity index (χ4n) is 1.42. The summed E-state index contributed by atoms with van der Waals surface area (Å²) in [5, 5.41) is 17.4. The molecule has 2 aromatic carbocycles. The number of phenolic OH excluding ortho intramolecular Hbond substituents is 1. The van der Waals surface area contributed by atoms with Gasteiger partial charge in [-0.1, -0.05) is 30.3 Å². The van der Waals surface area contributed by atoms with Crippen molar-refractivity contribution in [1.29, 1.82) is 0 Å². The number of aromatic hydroxyl groups is 1. The van der Waals surface area contributed by atoms with Gasteiger partial charge >= 0.3 is 5.97 Å². The van der Waals surface area contributed by atoms with Gasteiger partial charge < -0.3 is 15.9 Å². The highest BCUT2D eigenvalue weighted by molar-refractivity contribution is 7.85. The van der Waals surface area contributed by atoms with E-state index in [1.165, 1.54) is 36.4 Å². The van der Waals surface area contributed by atoms with Crippen LogP contribution in [-0.4, -0.2) is 29.2 Å². The first-order chi connectivity index (χ1) is 10.2. The molecule has 0 spiro atoms. The van der Waals surface area contributed by atoms with Gasteiger partial charge in [0.2, 0.25) is 0 Å². The van der Waals surface area contributed by atoms with Crippen molar-refractivity contribution in [2.24, 2.45) is 5.73 Å². The summed E-state index contributed by atoms with van der Waals surface area (Å²) in [6.07, 6.45) is 0. The van der Waals surface area contributed by atoms with Crippen LogP contribution in [0, 0.1) is 0 Å². The zero-order valence-corrected chi connectivity index (χ0v) is 12.1. The van der Waals surface area contributed by atoms with Crippen LogP contribution in [0.25, 0.3) is 0 Å². The molecule has 0 unspecified atom stereocenters. The molecule has 5 N–H and O–H groups in total. The molecule has 0 saturated heterocycles. The summed E-state index contributed by atoms with van der Waals surface area (Å²) in [5.41, 5.74) is 5.78. The fourth-order valence-corrected chi connectivity index (χ4v) is 1.92. The molecule has 0 fully saturated rings. The summed E-state index contributed by atoms with van der Waals surface area (Å²) in [5.74, 6) is -0.989. The minimum Gasteiger partial charge on any atom is -0.508 e. The first kappa shape index (κ1) is 17.6. The number of hydrogen-bond acceptors (Lipinski definition) is 5. The molecule has 0 radical (unpaired) electrons. The zero-order valence-electron chi connectivity index (χ0n) is 11.3. The molecule has 0 aliphatic rings. The Labute approximate surface area is 127 Å². The number of benzene rings is 2. The van der Waals surface area contributed by atoms with Gasteiger partial charge in [0.1, 0.15) is 11.8 Å². The van der Waals surface area contributed by atoms with Crippen molar-refractivity contribution < 1.29 is 28.0 Å². The van der Waals surface area contributed by atoms with E-state index in [1.807, 2.05) is 0 Å². The molecule has 2 rings (SSSR count). The van der Waals surface area contributed by atoms with Crippen molar-refractivity contribution in [3.63, 3.8) is 0 Å². The van der Waals surface area contributed by atoms with Gasteiger partial charge in [-0.15, -0.1) is 0 Å². The van der Waals surface area contributed by atoms with Crippen LogP contribution < -0.4 is 5.73 Å². The van der Waals surface area contributed by atoms with E-state index < -0.39 is 22.1 Å². The number of aliphatic carboxylic acids is 1. The minimum atomic E-state index is -4.00.